The minimum absolute atomic E-state index is 0.000741. The fourth-order valence-electron chi connectivity index (χ4n) is 3.38. The van der Waals surface area contributed by atoms with Crippen LogP contribution in [0.5, 0.6) is 0 Å². The summed E-state index contributed by atoms with van der Waals surface area (Å²) in [5.41, 5.74) is 0.0254. The van der Waals surface area contributed by atoms with E-state index in [-0.39, 0.29) is 16.9 Å². The topological polar surface area (TPSA) is 38.3 Å². The average Bonchev–Trinajstić information content (AvgIpc) is 2.40. The molecule has 1 heterocycles. The zero-order chi connectivity index (χ0) is 10.9. The van der Waals surface area contributed by atoms with Crippen LogP contribution in [0.1, 0.15) is 45.4 Å². The molecule has 1 spiro atoms. The van der Waals surface area contributed by atoms with Crippen molar-refractivity contribution in [2.24, 2.45) is 5.41 Å². The highest BCUT2D eigenvalue weighted by atomic mass is 16.5. The maximum Gasteiger partial charge on any atom is 0.221 e. The number of carbonyl (C=O) groups is 1. The summed E-state index contributed by atoms with van der Waals surface area (Å²) < 4.78 is 5.31. The molecule has 15 heavy (non-hydrogen) atoms. The molecule has 1 amide bonds. The Hall–Kier alpha value is -0.570. The Bertz CT molecular complexity index is 258. The number of carbonyl (C=O) groups excluding carboxylic acids is 1. The molecule has 1 atom stereocenters. The molecular weight excluding hydrogens is 190 g/mol. The standard InChI is InChI=1S/C12H21NO2/c1-11(9-15-2)8-10(14)13-12(11)6-4-3-5-7-12/h3-9H2,1-2H3,(H,13,14). The molecule has 86 valence electrons. The maximum absolute atomic E-state index is 11.6. The molecule has 2 aliphatic rings. The Kier molecular flexibility index (Phi) is 2.75. The van der Waals surface area contributed by atoms with Gasteiger partial charge >= 0.3 is 0 Å². The fourth-order valence-corrected chi connectivity index (χ4v) is 3.38. The Morgan fingerprint density at radius 3 is 2.60 bits per heavy atom. The average molecular weight is 211 g/mol. The number of hydrogen-bond acceptors (Lipinski definition) is 2. The number of hydrogen-bond donors (Lipinski definition) is 1. The van der Waals surface area contributed by atoms with Gasteiger partial charge in [0.1, 0.15) is 0 Å². The number of rotatable bonds is 2. The van der Waals surface area contributed by atoms with E-state index in [2.05, 4.69) is 12.2 Å². The second-order valence-electron chi connectivity index (χ2n) is 5.36. The van der Waals surface area contributed by atoms with Crippen molar-refractivity contribution >= 4 is 5.91 Å². The van der Waals surface area contributed by atoms with E-state index in [1.54, 1.807) is 7.11 Å². The molecule has 0 bridgehead atoms. The van der Waals surface area contributed by atoms with Gasteiger partial charge in [-0.15, -0.1) is 0 Å². The first kappa shape index (κ1) is 10.9. The lowest BCUT2D eigenvalue weighted by Gasteiger charge is -2.45. The van der Waals surface area contributed by atoms with Crippen molar-refractivity contribution in [3.05, 3.63) is 0 Å². The molecular formula is C12H21NO2. The maximum atomic E-state index is 11.6. The minimum atomic E-state index is -0.000741. The normalized spacial score (nSPS) is 34.4. The number of amides is 1. The molecule has 2 rings (SSSR count). The molecule has 1 aliphatic heterocycles. The number of ether oxygens (including phenoxy) is 1. The first-order valence-corrected chi connectivity index (χ1v) is 5.92. The van der Waals surface area contributed by atoms with Crippen molar-refractivity contribution in [1.82, 2.24) is 5.32 Å². The lowest BCUT2D eigenvalue weighted by atomic mass is 9.65. The van der Waals surface area contributed by atoms with Crippen molar-refractivity contribution in [3.63, 3.8) is 0 Å². The third-order valence-corrected chi connectivity index (χ3v) is 4.25. The van der Waals surface area contributed by atoms with Gasteiger partial charge in [-0.3, -0.25) is 4.79 Å². The second-order valence-corrected chi connectivity index (χ2v) is 5.36. The SMILES string of the molecule is COCC1(C)CC(=O)NC12CCCCC2. The quantitative estimate of drug-likeness (QED) is 0.757. The van der Waals surface area contributed by atoms with Gasteiger partial charge in [0.05, 0.1) is 6.61 Å². The van der Waals surface area contributed by atoms with Crippen LogP contribution in [0.2, 0.25) is 0 Å². The Morgan fingerprint density at radius 1 is 1.33 bits per heavy atom. The van der Waals surface area contributed by atoms with E-state index >= 15 is 0 Å². The van der Waals surface area contributed by atoms with Crippen LogP contribution in [0.25, 0.3) is 0 Å². The van der Waals surface area contributed by atoms with Crippen LogP contribution >= 0.6 is 0 Å². The molecule has 0 aromatic carbocycles. The molecule has 2 fully saturated rings. The van der Waals surface area contributed by atoms with Crippen molar-refractivity contribution in [2.75, 3.05) is 13.7 Å². The smallest absolute Gasteiger partial charge is 0.221 e. The summed E-state index contributed by atoms with van der Waals surface area (Å²) in [6.45, 7) is 2.88. The van der Waals surface area contributed by atoms with E-state index in [0.29, 0.717) is 13.0 Å². The minimum Gasteiger partial charge on any atom is -0.384 e. The monoisotopic (exact) mass is 211 g/mol. The van der Waals surface area contributed by atoms with E-state index in [4.69, 9.17) is 4.74 Å². The second kappa shape index (κ2) is 3.78. The van der Waals surface area contributed by atoms with Crippen LogP contribution in [0.4, 0.5) is 0 Å². The molecule has 1 saturated heterocycles. The van der Waals surface area contributed by atoms with Gasteiger partial charge in [0, 0.05) is 24.5 Å². The Balaban J connectivity index is 2.23. The third-order valence-electron chi connectivity index (χ3n) is 4.25. The molecule has 0 aromatic heterocycles. The largest absolute Gasteiger partial charge is 0.384 e. The van der Waals surface area contributed by atoms with Gasteiger partial charge in [0.15, 0.2) is 0 Å². The summed E-state index contributed by atoms with van der Waals surface area (Å²) in [6.07, 6.45) is 6.65. The van der Waals surface area contributed by atoms with E-state index in [9.17, 15) is 4.79 Å². The summed E-state index contributed by atoms with van der Waals surface area (Å²) in [4.78, 5) is 11.6. The molecule has 1 unspecified atom stereocenters. The van der Waals surface area contributed by atoms with Crippen molar-refractivity contribution < 1.29 is 9.53 Å². The number of nitrogens with one attached hydrogen (secondary N) is 1. The van der Waals surface area contributed by atoms with Gasteiger partial charge in [-0.05, 0) is 12.8 Å². The molecule has 3 heteroatoms. The third kappa shape index (κ3) is 1.67. The zero-order valence-corrected chi connectivity index (χ0v) is 9.77. The summed E-state index contributed by atoms with van der Waals surface area (Å²) in [6, 6.07) is 0. The van der Waals surface area contributed by atoms with E-state index in [0.717, 1.165) is 12.8 Å². The van der Waals surface area contributed by atoms with Crippen LogP contribution in [0.15, 0.2) is 0 Å². The predicted molar refractivity (Wildman–Crippen MR) is 58.6 cm³/mol. The first-order valence-electron chi connectivity index (χ1n) is 5.92. The summed E-state index contributed by atoms with van der Waals surface area (Å²) in [5, 5.41) is 3.23. The van der Waals surface area contributed by atoms with Crippen LogP contribution in [-0.4, -0.2) is 25.2 Å². The van der Waals surface area contributed by atoms with Crippen molar-refractivity contribution in [1.29, 1.82) is 0 Å². The summed E-state index contributed by atoms with van der Waals surface area (Å²) in [5.74, 6) is 0.205. The highest BCUT2D eigenvalue weighted by Crippen LogP contribution is 2.48. The van der Waals surface area contributed by atoms with Gasteiger partial charge < -0.3 is 10.1 Å². The molecule has 1 aliphatic carbocycles. The molecule has 3 nitrogen and oxygen atoms in total. The van der Waals surface area contributed by atoms with Crippen LogP contribution in [-0.2, 0) is 9.53 Å². The van der Waals surface area contributed by atoms with Crippen molar-refractivity contribution in [2.45, 2.75) is 51.0 Å². The summed E-state index contributed by atoms with van der Waals surface area (Å²) in [7, 11) is 1.73. The molecule has 0 radical (unpaired) electrons. The summed E-state index contributed by atoms with van der Waals surface area (Å²) >= 11 is 0. The number of methoxy groups -OCH3 is 1. The Morgan fingerprint density at radius 2 is 2.00 bits per heavy atom. The van der Waals surface area contributed by atoms with Crippen LogP contribution in [0.3, 0.4) is 0 Å². The molecule has 1 saturated carbocycles. The molecule has 1 N–H and O–H groups in total. The van der Waals surface area contributed by atoms with Crippen LogP contribution < -0.4 is 5.32 Å². The van der Waals surface area contributed by atoms with E-state index in [1.165, 1.54) is 19.3 Å². The zero-order valence-electron chi connectivity index (χ0n) is 9.77. The first-order chi connectivity index (χ1) is 7.12. The van der Waals surface area contributed by atoms with Crippen molar-refractivity contribution in [3.8, 4) is 0 Å². The van der Waals surface area contributed by atoms with Crippen LogP contribution in [0, 0.1) is 5.41 Å². The van der Waals surface area contributed by atoms with E-state index < -0.39 is 0 Å². The lowest BCUT2D eigenvalue weighted by molar-refractivity contribution is -0.120. The lowest BCUT2D eigenvalue weighted by Crippen LogP contribution is -2.54. The predicted octanol–water partition coefficient (Wildman–Crippen LogP) is 1.86. The van der Waals surface area contributed by atoms with E-state index in [1.807, 2.05) is 0 Å². The fraction of sp³-hybridized carbons (Fsp3) is 0.917. The van der Waals surface area contributed by atoms with Gasteiger partial charge in [0.2, 0.25) is 5.91 Å². The van der Waals surface area contributed by atoms with Gasteiger partial charge in [-0.25, -0.2) is 0 Å². The van der Waals surface area contributed by atoms with Gasteiger partial charge in [-0.1, -0.05) is 26.2 Å². The Labute approximate surface area is 91.6 Å². The highest BCUT2D eigenvalue weighted by Gasteiger charge is 2.54. The van der Waals surface area contributed by atoms with Gasteiger partial charge in [0.25, 0.3) is 0 Å². The van der Waals surface area contributed by atoms with Gasteiger partial charge in [-0.2, -0.15) is 0 Å². The highest BCUT2D eigenvalue weighted by molar-refractivity contribution is 5.81. The molecule has 0 aromatic rings.